The van der Waals surface area contributed by atoms with Gasteiger partial charge in [-0.05, 0) is 25.1 Å². The average molecular weight is 292 g/mol. The number of halogens is 2. The third kappa shape index (κ3) is 6.10. The number of carbonyl (C=O) groups excluding carboxylic acids is 1. The van der Waals surface area contributed by atoms with Gasteiger partial charge in [-0.15, -0.1) is 0 Å². The van der Waals surface area contributed by atoms with Gasteiger partial charge >= 0.3 is 0 Å². The van der Waals surface area contributed by atoms with Crippen LogP contribution in [-0.2, 0) is 4.79 Å². The van der Waals surface area contributed by atoms with Gasteiger partial charge in [0.05, 0.1) is 19.1 Å². The molecule has 0 radical (unpaired) electrons. The summed E-state index contributed by atoms with van der Waals surface area (Å²) in [6, 6.07) is 4.85. The Morgan fingerprint density at radius 3 is 2.56 bits per heavy atom. The zero-order chi connectivity index (χ0) is 13.5. The van der Waals surface area contributed by atoms with Gasteiger partial charge in [-0.1, -0.05) is 23.2 Å². The zero-order valence-electron chi connectivity index (χ0n) is 9.95. The number of hydrogen-bond donors (Lipinski definition) is 2. The molecule has 1 atom stereocenters. The van der Waals surface area contributed by atoms with Crippen molar-refractivity contribution in [1.82, 2.24) is 5.32 Å². The van der Waals surface area contributed by atoms with Crippen molar-refractivity contribution in [2.75, 3.05) is 13.2 Å². The highest BCUT2D eigenvalue weighted by Gasteiger charge is 2.04. The predicted octanol–water partition coefficient (Wildman–Crippen LogP) is 2.26. The molecule has 0 aliphatic rings. The first-order chi connectivity index (χ1) is 8.47. The van der Waals surface area contributed by atoms with E-state index in [1.807, 2.05) is 0 Å². The van der Waals surface area contributed by atoms with Crippen LogP contribution in [0.15, 0.2) is 18.2 Å². The van der Waals surface area contributed by atoms with Crippen molar-refractivity contribution >= 4 is 29.1 Å². The Morgan fingerprint density at radius 2 is 2.00 bits per heavy atom. The normalized spacial score (nSPS) is 12.0. The summed E-state index contributed by atoms with van der Waals surface area (Å²) in [5.41, 5.74) is 0. The molecule has 18 heavy (non-hydrogen) atoms. The summed E-state index contributed by atoms with van der Waals surface area (Å²) in [4.78, 5) is 11.3. The van der Waals surface area contributed by atoms with Crippen molar-refractivity contribution in [1.29, 1.82) is 0 Å². The molecule has 0 aromatic heterocycles. The number of carbonyl (C=O) groups is 1. The molecular weight excluding hydrogens is 277 g/mol. The monoisotopic (exact) mass is 291 g/mol. The smallest absolute Gasteiger partial charge is 0.223 e. The molecule has 0 saturated heterocycles. The number of benzene rings is 1. The fourth-order valence-electron chi connectivity index (χ4n) is 1.22. The summed E-state index contributed by atoms with van der Waals surface area (Å²) in [7, 11) is 0. The molecule has 6 heteroatoms. The molecule has 1 aromatic carbocycles. The van der Waals surface area contributed by atoms with E-state index in [9.17, 15) is 4.79 Å². The highest BCUT2D eigenvalue weighted by atomic mass is 35.5. The van der Waals surface area contributed by atoms with E-state index in [2.05, 4.69) is 5.32 Å². The highest BCUT2D eigenvalue weighted by Crippen LogP contribution is 2.24. The summed E-state index contributed by atoms with van der Waals surface area (Å²) >= 11 is 11.6. The summed E-state index contributed by atoms with van der Waals surface area (Å²) in [6.07, 6.45) is -0.349. The van der Waals surface area contributed by atoms with Crippen LogP contribution in [0.2, 0.25) is 10.0 Å². The topological polar surface area (TPSA) is 58.6 Å². The van der Waals surface area contributed by atoms with Crippen molar-refractivity contribution in [3.63, 3.8) is 0 Å². The lowest BCUT2D eigenvalue weighted by atomic mass is 10.3. The largest absolute Gasteiger partial charge is 0.493 e. The molecule has 100 valence electrons. The van der Waals surface area contributed by atoms with Gasteiger partial charge in [0.25, 0.3) is 0 Å². The van der Waals surface area contributed by atoms with E-state index in [1.54, 1.807) is 25.1 Å². The SMILES string of the molecule is CC(O)CNC(=O)CCOc1cc(Cl)cc(Cl)c1. The molecule has 0 fully saturated rings. The van der Waals surface area contributed by atoms with Crippen LogP contribution in [0.1, 0.15) is 13.3 Å². The van der Waals surface area contributed by atoms with Crippen LogP contribution in [0.3, 0.4) is 0 Å². The Hall–Kier alpha value is -0.970. The molecule has 0 aliphatic heterocycles. The van der Waals surface area contributed by atoms with Crippen LogP contribution in [0.5, 0.6) is 5.75 Å². The maximum atomic E-state index is 11.3. The van der Waals surface area contributed by atoms with Crippen LogP contribution < -0.4 is 10.1 Å². The minimum atomic E-state index is -0.554. The molecule has 4 nitrogen and oxygen atoms in total. The fourth-order valence-corrected chi connectivity index (χ4v) is 1.73. The lowest BCUT2D eigenvalue weighted by molar-refractivity contribution is -0.122. The maximum Gasteiger partial charge on any atom is 0.223 e. The Labute approximate surface area is 116 Å². The molecule has 0 saturated carbocycles. The Balaban J connectivity index is 2.30. The third-order valence-electron chi connectivity index (χ3n) is 2.03. The standard InChI is InChI=1S/C12H15Cl2NO3/c1-8(16)7-15-12(17)2-3-18-11-5-9(13)4-10(14)6-11/h4-6,8,16H,2-3,7H2,1H3,(H,15,17). The molecule has 1 aromatic rings. The quantitative estimate of drug-likeness (QED) is 0.845. The lowest BCUT2D eigenvalue weighted by Gasteiger charge is -2.09. The molecule has 2 N–H and O–H groups in total. The van der Waals surface area contributed by atoms with Crippen LogP contribution in [0, 0.1) is 0 Å². The Bertz CT molecular complexity index is 390. The van der Waals surface area contributed by atoms with E-state index in [4.69, 9.17) is 33.0 Å². The van der Waals surface area contributed by atoms with Crippen molar-refractivity contribution in [2.45, 2.75) is 19.4 Å². The van der Waals surface area contributed by atoms with E-state index in [0.717, 1.165) is 0 Å². The van der Waals surface area contributed by atoms with Crippen molar-refractivity contribution in [2.24, 2.45) is 0 Å². The summed E-state index contributed by atoms with van der Waals surface area (Å²) < 4.78 is 5.35. The van der Waals surface area contributed by atoms with Gasteiger partial charge in [0, 0.05) is 16.6 Å². The van der Waals surface area contributed by atoms with Crippen molar-refractivity contribution < 1.29 is 14.6 Å². The number of rotatable bonds is 6. The van der Waals surface area contributed by atoms with Crippen LogP contribution >= 0.6 is 23.2 Å². The minimum absolute atomic E-state index is 0.177. The Morgan fingerprint density at radius 1 is 1.39 bits per heavy atom. The molecule has 1 unspecified atom stereocenters. The number of aliphatic hydroxyl groups excluding tert-OH is 1. The van der Waals surface area contributed by atoms with Gasteiger partial charge < -0.3 is 15.2 Å². The first kappa shape index (κ1) is 15.1. The first-order valence-corrected chi connectivity index (χ1v) is 6.26. The van der Waals surface area contributed by atoms with E-state index < -0.39 is 6.10 Å². The lowest BCUT2D eigenvalue weighted by Crippen LogP contribution is -2.31. The van der Waals surface area contributed by atoms with E-state index in [0.29, 0.717) is 15.8 Å². The van der Waals surface area contributed by atoms with Crippen LogP contribution in [0.4, 0.5) is 0 Å². The second-order valence-corrected chi connectivity index (χ2v) is 4.73. The van der Waals surface area contributed by atoms with E-state index in [1.165, 1.54) is 0 Å². The number of hydrogen-bond acceptors (Lipinski definition) is 3. The minimum Gasteiger partial charge on any atom is -0.493 e. The molecule has 0 bridgehead atoms. The molecule has 0 aliphatic carbocycles. The molecule has 1 rings (SSSR count). The van der Waals surface area contributed by atoms with Gasteiger partial charge in [0.2, 0.25) is 5.91 Å². The van der Waals surface area contributed by atoms with Gasteiger partial charge in [-0.2, -0.15) is 0 Å². The van der Waals surface area contributed by atoms with Crippen LogP contribution in [0.25, 0.3) is 0 Å². The number of nitrogens with one attached hydrogen (secondary N) is 1. The molecular formula is C12H15Cl2NO3. The number of amides is 1. The van der Waals surface area contributed by atoms with Crippen molar-refractivity contribution in [3.05, 3.63) is 28.2 Å². The molecule has 0 heterocycles. The predicted molar refractivity (Wildman–Crippen MR) is 71.3 cm³/mol. The summed E-state index contributed by atoms with van der Waals surface area (Å²) in [6.45, 7) is 2.06. The number of ether oxygens (including phenoxy) is 1. The van der Waals surface area contributed by atoms with Crippen LogP contribution in [-0.4, -0.2) is 30.3 Å². The molecule has 0 spiro atoms. The summed E-state index contributed by atoms with van der Waals surface area (Å²) in [5, 5.41) is 12.5. The fraction of sp³-hybridized carbons (Fsp3) is 0.417. The Kier molecular flexibility index (Phi) is 6.25. The summed E-state index contributed by atoms with van der Waals surface area (Å²) in [5.74, 6) is 0.347. The van der Waals surface area contributed by atoms with Gasteiger partial charge in [-0.25, -0.2) is 0 Å². The average Bonchev–Trinajstić information content (AvgIpc) is 2.25. The van der Waals surface area contributed by atoms with E-state index >= 15 is 0 Å². The maximum absolute atomic E-state index is 11.3. The second-order valence-electron chi connectivity index (χ2n) is 3.86. The number of aliphatic hydroxyl groups is 1. The third-order valence-corrected chi connectivity index (χ3v) is 2.46. The zero-order valence-corrected chi connectivity index (χ0v) is 11.5. The van der Waals surface area contributed by atoms with Gasteiger partial charge in [-0.3, -0.25) is 4.79 Å². The van der Waals surface area contributed by atoms with Gasteiger partial charge in [0.1, 0.15) is 5.75 Å². The first-order valence-electron chi connectivity index (χ1n) is 5.51. The van der Waals surface area contributed by atoms with E-state index in [-0.39, 0.29) is 25.5 Å². The van der Waals surface area contributed by atoms with Gasteiger partial charge in [0.15, 0.2) is 0 Å². The van der Waals surface area contributed by atoms with Crippen molar-refractivity contribution in [3.8, 4) is 5.75 Å². The molecule has 1 amide bonds. The highest BCUT2D eigenvalue weighted by molar-refractivity contribution is 6.34. The second kappa shape index (κ2) is 7.46.